The van der Waals surface area contributed by atoms with E-state index in [2.05, 4.69) is 16.8 Å². The van der Waals surface area contributed by atoms with Gasteiger partial charge in [-0.15, -0.1) is 0 Å². The Morgan fingerprint density at radius 2 is 2.24 bits per heavy atom. The Hall–Kier alpha value is -2.45. The van der Waals surface area contributed by atoms with Crippen LogP contribution in [-0.2, 0) is 6.54 Å². The first kappa shape index (κ1) is 14.9. The van der Waals surface area contributed by atoms with Crippen LogP contribution >= 0.6 is 0 Å². The molecule has 2 rings (SSSR count). The normalized spacial score (nSPS) is 10.0. The van der Waals surface area contributed by atoms with E-state index < -0.39 is 5.82 Å². The molecular weight excluding hydrogens is 271 g/mol. The number of hydrogen-bond acceptors (Lipinski definition) is 3. The molecule has 0 atom stereocenters. The third kappa shape index (κ3) is 4.01. The molecule has 0 bridgehead atoms. The van der Waals surface area contributed by atoms with Crippen molar-refractivity contribution < 1.29 is 9.50 Å². The molecule has 1 aromatic heterocycles. The van der Waals surface area contributed by atoms with Crippen LogP contribution in [0.5, 0.6) is 0 Å². The van der Waals surface area contributed by atoms with Crippen molar-refractivity contribution in [3.8, 4) is 11.8 Å². The lowest BCUT2D eigenvalue weighted by atomic mass is 10.1. The Morgan fingerprint density at radius 3 is 3.00 bits per heavy atom. The average molecular weight is 286 g/mol. The van der Waals surface area contributed by atoms with Crippen LogP contribution in [0.25, 0.3) is 0 Å². The first-order valence-corrected chi connectivity index (χ1v) is 6.51. The monoisotopic (exact) mass is 286 g/mol. The molecule has 5 heteroatoms. The lowest BCUT2D eigenvalue weighted by Gasteiger charge is -2.06. The molecule has 0 saturated heterocycles. The minimum atomic E-state index is -0.418. The van der Waals surface area contributed by atoms with E-state index in [1.165, 1.54) is 16.8 Å². The summed E-state index contributed by atoms with van der Waals surface area (Å²) in [5.74, 6) is 4.94. The summed E-state index contributed by atoms with van der Waals surface area (Å²) in [5, 5.41) is 8.68. The van der Waals surface area contributed by atoms with E-state index in [-0.39, 0.29) is 17.9 Å². The summed E-state index contributed by atoms with van der Waals surface area (Å²) in [5.41, 5.74) is 1.55. The number of hydrogen-bond donors (Lipinski definition) is 1. The number of aromatic nitrogens is 2. The van der Waals surface area contributed by atoms with Gasteiger partial charge >= 0.3 is 5.69 Å². The van der Waals surface area contributed by atoms with Gasteiger partial charge in [0, 0.05) is 18.8 Å². The topological polar surface area (TPSA) is 55.1 Å². The van der Waals surface area contributed by atoms with Gasteiger partial charge in [0.1, 0.15) is 5.82 Å². The summed E-state index contributed by atoms with van der Waals surface area (Å²) in [7, 11) is 0. The predicted molar refractivity (Wildman–Crippen MR) is 77.3 cm³/mol. The van der Waals surface area contributed by atoms with E-state index in [0.29, 0.717) is 13.0 Å². The van der Waals surface area contributed by atoms with E-state index in [9.17, 15) is 9.18 Å². The Kier molecular flexibility index (Phi) is 4.85. The molecule has 108 valence electrons. The largest absolute Gasteiger partial charge is 0.395 e. The molecule has 2 aromatic rings. The van der Waals surface area contributed by atoms with Gasteiger partial charge in [0.05, 0.1) is 18.7 Å². The van der Waals surface area contributed by atoms with Crippen LogP contribution in [0.2, 0.25) is 0 Å². The maximum atomic E-state index is 13.6. The maximum Gasteiger partial charge on any atom is 0.347 e. The highest BCUT2D eigenvalue weighted by atomic mass is 19.1. The summed E-state index contributed by atoms with van der Waals surface area (Å²) < 4.78 is 15.1. The van der Waals surface area contributed by atoms with E-state index in [4.69, 9.17) is 5.11 Å². The Morgan fingerprint density at radius 1 is 1.43 bits per heavy atom. The van der Waals surface area contributed by atoms with Crippen LogP contribution < -0.4 is 5.69 Å². The van der Waals surface area contributed by atoms with Gasteiger partial charge in [-0.1, -0.05) is 17.9 Å². The lowest BCUT2D eigenvalue weighted by molar-refractivity contribution is 0.305. The standard InChI is InChI=1S/C16H15FN2O2/c1-12-9-18-16(21)19(10-12)11-13-5-6-15(17)14(8-13)4-2-3-7-20/h5-6,8-10,20H,3,7,11H2,1H3. The van der Waals surface area contributed by atoms with Crippen molar-refractivity contribution in [1.29, 1.82) is 0 Å². The van der Waals surface area contributed by atoms with E-state index in [1.54, 1.807) is 18.3 Å². The molecule has 0 spiro atoms. The fraction of sp³-hybridized carbons (Fsp3) is 0.250. The summed E-state index contributed by atoms with van der Waals surface area (Å²) in [6.07, 6.45) is 3.51. The SMILES string of the molecule is Cc1cnc(=O)n(Cc2ccc(F)c(C#CCCO)c2)c1. The van der Waals surface area contributed by atoms with Crippen molar-refractivity contribution in [2.45, 2.75) is 19.9 Å². The van der Waals surface area contributed by atoms with Crippen molar-refractivity contribution in [3.05, 3.63) is 63.6 Å². The highest BCUT2D eigenvalue weighted by molar-refractivity contribution is 5.38. The molecule has 0 amide bonds. The summed E-state index contributed by atoms with van der Waals surface area (Å²) >= 11 is 0. The minimum Gasteiger partial charge on any atom is -0.395 e. The number of nitrogens with zero attached hydrogens (tertiary/aromatic N) is 2. The van der Waals surface area contributed by atoms with Crippen LogP contribution in [-0.4, -0.2) is 21.3 Å². The molecule has 1 N–H and O–H groups in total. The second kappa shape index (κ2) is 6.82. The molecule has 0 unspecified atom stereocenters. The number of aliphatic hydroxyl groups excluding tert-OH is 1. The average Bonchev–Trinajstić information content (AvgIpc) is 2.46. The van der Waals surface area contributed by atoms with E-state index in [1.807, 2.05) is 6.92 Å². The molecule has 0 radical (unpaired) electrons. The van der Waals surface area contributed by atoms with Gasteiger partial charge in [0.15, 0.2) is 0 Å². The van der Waals surface area contributed by atoms with Crippen LogP contribution in [0.15, 0.2) is 35.4 Å². The molecular formula is C16H15FN2O2. The number of aryl methyl sites for hydroxylation is 1. The fourth-order valence-electron chi connectivity index (χ4n) is 1.86. The van der Waals surface area contributed by atoms with Gasteiger partial charge in [-0.2, -0.15) is 0 Å². The van der Waals surface area contributed by atoms with Crippen molar-refractivity contribution in [1.82, 2.24) is 9.55 Å². The summed E-state index contributed by atoms with van der Waals surface area (Å²) in [6, 6.07) is 4.54. The first-order chi connectivity index (χ1) is 10.1. The number of rotatable bonds is 3. The Balaban J connectivity index is 2.29. The zero-order chi connectivity index (χ0) is 15.2. The predicted octanol–water partition coefficient (Wildman–Crippen LogP) is 1.47. The van der Waals surface area contributed by atoms with Gasteiger partial charge in [0.2, 0.25) is 0 Å². The van der Waals surface area contributed by atoms with Gasteiger partial charge in [-0.3, -0.25) is 4.57 Å². The molecule has 1 aromatic carbocycles. The highest BCUT2D eigenvalue weighted by Gasteiger charge is 2.04. The molecule has 0 fully saturated rings. The van der Waals surface area contributed by atoms with Gasteiger partial charge in [-0.25, -0.2) is 14.2 Å². The smallest absolute Gasteiger partial charge is 0.347 e. The van der Waals surface area contributed by atoms with Crippen LogP contribution in [0.4, 0.5) is 4.39 Å². The third-order valence-electron chi connectivity index (χ3n) is 2.83. The molecule has 4 nitrogen and oxygen atoms in total. The fourth-order valence-corrected chi connectivity index (χ4v) is 1.86. The first-order valence-electron chi connectivity index (χ1n) is 6.51. The number of aliphatic hydroxyl groups is 1. The number of benzene rings is 1. The molecule has 1 heterocycles. The molecule has 0 aliphatic rings. The highest BCUT2D eigenvalue weighted by Crippen LogP contribution is 2.10. The zero-order valence-corrected chi connectivity index (χ0v) is 11.6. The van der Waals surface area contributed by atoms with Crippen LogP contribution in [0.3, 0.4) is 0 Å². The lowest BCUT2D eigenvalue weighted by Crippen LogP contribution is -2.22. The zero-order valence-electron chi connectivity index (χ0n) is 11.6. The summed E-state index contributed by atoms with van der Waals surface area (Å²) in [4.78, 5) is 15.4. The summed E-state index contributed by atoms with van der Waals surface area (Å²) in [6.45, 7) is 2.10. The van der Waals surface area contributed by atoms with Gasteiger partial charge in [0.25, 0.3) is 0 Å². The third-order valence-corrected chi connectivity index (χ3v) is 2.83. The molecule has 0 aliphatic heterocycles. The van der Waals surface area contributed by atoms with Gasteiger partial charge in [-0.05, 0) is 30.2 Å². The van der Waals surface area contributed by atoms with Crippen molar-refractivity contribution in [3.63, 3.8) is 0 Å². The quantitative estimate of drug-likeness (QED) is 0.869. The Bertz CT molecular complexity index is 757. The van der Waals surface area contributed by atoms with Crippen molar-refractivity contribution >= 4 is 0 Å². The van der Waals surface area contributed by atoms with Crippen molar-refractivity contribution in [2.75, 3.05) is 6.61 Å². The van der Waals surface area contributed by atoms with Crippen molar-refractivity contribution in [2.24, 2.45) is 0 Å². The van der Waals surface area contributed by atoms with Gasteiger partial charge < -0.3 is 5.11 Å². The second-order valence-corrected chi connectivity index (χ2v) is 4.63. The van der Waals surface area contributed by atoms with Crippen LogP contribution in [0, 0.1) is 24.6 Å². The van der Waals surface area contributed by atoms with E-state index >= 15 is 0 Å². The molecule has 21 heavy (non-hydrogen) atoms. The number of halogens is 1. The van der Waals surface area contributed by atoms with E-state index in [0.717, 1.165) is 11.1 Å². The molecule has 0 aliphatic carbocycles. The minimum absolute atomic E-state index is 0.0569. The second-order valence-electron chi connectivity index (χ2n) is 4.63. The Labute approximate surface area is 121 Å². The maximum absolute atomic E-state index is 13.6. The molecule has 0 saturated carbocycles. The van der Waals surface area contributed by atoms with Crippen LogP contribution in [0.1, 0.15) is 23.1 Å².